The summed E-state index contributed by atoms with van der Waals surface area (Å²) < 4.78 is 0. The van der Waals surface area contributed by atoms with Gasteiger partial charge in [-0.1, -0.05) is 44.0 Å². The number of ketones is 2. The van der Waals surface area contributed by atoms with Crippen molar-refractivity contribution in [2.75, 3.05) is 0 Å². The first-order valence-electron chi connectivity index (χ1n) is 8.48. The number of phenols is 2. The van der Waals surface area contributed by atoms with Crippen LogP contribution < -0.4 is 0 Å². The van der Waals surface area contributed by atoms with Crippen LogP contribution in [0.5, 0.6) is 11.5 Å². The molecule has 0 atom stereocenters. The molecule has 0 aromatic heterocycles. The maximum atomic E-state index is 12.7. The highest BCUT2D eigenvalue weighted by molar-refractivity contribution is 6.39. The lowest BCUT2D eigenvalue weighted by molar-refractivity contribution is 0.0996. The fourth-order valence-electron chi connectivity index (χ4n) is 3.11. The third kappa shape index (κ3) is 3.20. The van der Waals surface area contributed by atoms with Gasteiger partial charge in [-0.3, -0.25) is 9.59 Å². The number of unbranched alkanes of at least 4 members (excludes halogenated alkanes) is 2. The normalized spacial score (nSPS) is 13.6. The number of aromatic hydroxyl groups is 2. The van der Waals surface area contributed by atoms with Gasteiger partial charge in [0.15, 0.2) is 11.6 Å². The number of hydrogen-bond acceptors (Lipinski definition) is 4. The number of carbonyl (C=O) groups is 2. The van der Waals surface area contributed by atoms with E-state index in [2.05, 4.69) is 6.92 Å². The summed E-state index contributed by atoms with van der Waals surface area (Å²) >= 11 is 0. The fourth-order valence-corrected chi connectivity index (χ4v) is 3.11. The summed E-state index contributed by atoms with van der Waals surface area (Å²) in [6, 6.07) is 10.00. The van der Waals surface area contributed by atoms with Gasteiger partial charge >= 0.3 is 0 Å². The Morgan fingerprint density at radius 2 is 1.48 bits per heavy atom. The van der Waals surface area contributed by atoms with Gasteiger partial charge < -0.3 is 10.2 Å². The van der Waals surface area contributed by atoms with E-state index in [0.717, 1.165) is 19.3 Å². The molecule has 0 unspecified atom stereocenters. The smallest absolute Gasteiger partial charge is 0.198 e. The molecule has 2 aromatic rings. The van der Waals surface area contributed by atoms with Crippen LogP contribution in [0.1, 0.15) is 58.0 Å². The second kappa shape index (κ2) is 6.93. The molecule has 4 nitrogen and oxygen atoms in total. The third-order valence-electron chi connectivity index (χ3n) is 4.49. The minimum atomic E-state index is -0.481. The van der Waals surface area contributed by atoms with Gasteiger partial charge in [0, 0.05) is 5.57 Å². The van der Waals surface area contributed by atoms with Gasteiger partial charge in [-0.2, -0.15) is 0 Å². The van der Waals surface area contributed by atoms with Crippen molar-refractivity contribution in [2.45, 2.75) is 32.6 Å². The average Bonchev–Trinajstić information content (AvgIpc) is 2.61. The first kappa shape index (κ1) is 17.0. The Bertz CT molecular complexity index is 860. The van der Waals surface area contributed by atoms with Gasteiger partial charge in [-0.15, -0.1) is 0 Å². The van der Waals surface area contributed by atoms with E-state index in [1.54, 1.807) is 0 Å². The Balaban J connectivity index is 1.92. The summed E-state index contributed by atoms with van der Waals surface area (Å²) in [7, 11) is 0. The molecular formula is C21H20O4. The molecule has 0 heterocycles. The molecule has 1 aliphatic carbocycles. The highest BCUT2D eigenvalue weighted by Crippen LogP contribution is 2.37. The van der Waals surface area contributed by atoms with E-state index in [0.29, 0.717) is 5.56 Å². The van der Waals surface area contributed by atoms with Crippen LogP contribution in [0.3, 0.4) is 0 Å². The SMILES string of the molecule is CCCCCc1ccc(C2=CC(=O)c3c(O)ccc(O)c3C2=O)cc1. The van der Waals surface area contributed by atoms with Crippen LogP contribution >= 0.6 is 0 Å². The lowest BCUT2D eigenvalue weighted by atomic mass is 9.85. The van der Waals surface area contributed by atoms with E-state index in [-0.39, 0.29) is 28.2 Å². The Morgan fingerprint density at radius 3 is 2.12 bits per heavy atom. The fraction of sp³-hybridized carbons (Fsp3) is 0.238. The number of rotatable bonds is 5. The number of aryl methyl sites for hydroxylation is 1. The van der Waals surface area contributed by atoms with Crippen LogP contribution in [-0.4, -0.2) is 21.8 Å². The Hall–Kier alpha value is -2.88. The standard InChI is InChI=1S/C21H20O4/c1-2-3-4-5-13-6-8-14(9-7-13)15-12-18(24)19-16(22)10-11-17(23)20(19)21(15)25/h6-12,22-23H,2-5H2,1H3. The molecule has 0 saturated carbocycles. The van der Waals surface area contributed by atoms with E-state index >= 15 is 0 Å². The highest BCUT2D eigenvalue weighted by Gasteiger charge is 2.31. The summed E-state index contributed by atoms with van der Waals surface area (Å²) in [5, 5.41) is 19.8. The number of benzene rings is 2. The van der Waals surface area contributed by atoms with Crippen molar-refractivity contribution in [3.8, 4) is 11.5 Å². The summed E-state index contributed by atoms with van der Waals surface area (Å²) in [4.78, 5) is 25.1. The van der Waals surface area contributed by atoms with Gasteiger partial charge in [0.2, 0.25) is 0 Å². The first-order chi connectivity index (χ1) is 12.0. The molecule has 3 rings (SSSR count). The third-order valence-corrected chi connectivity index (χ3v) is 4.49. The zero-order valence-corrected chi connectivity index (χ0v) is 14.1. The van der Waals surface area contributed by atoms with E-state index in [4.69, 9.17) is 0 Å². The minimum Gasteiger partial charge on any atom is -0.507 e. The summed E-state index contributed by atoms with van der Waals surface area (Å²) in [6.07, 6.45) is 5.68. The van der Waals surface area contributed by atoms with Crippen molar-refractivity contribution >= 4 is 17.1 Å². The molecule has 1 aliphatic rings. The number of carbonyl (C=O) groups excluding carboxylic acids is 2. The number of allylic oxidation sites excluding steroid dienone is 2. The Labute approximate surface area is 146 Å². The van der Waals surface area contributed by atoms with Gasteiger partial charge in [-0.05, 0) is 42.2 Å². The highest BCUT2D eigenvalue weighted by atomic mass is 16.3. The maximum absolute atomic E-state index is 12.7. The van der Waals surface area contributed by atoms with Crippen molar-refractivity contribution in [3.05, 3.63) is 64.7 Å². The van der Waals surface area contributed by atoms with Crippen LogP contribution in [0, 0.1) is 0 Å². The van der Waals surface area contributed by atoms with Crippen LogP contribution in [0.4, 0.5) is 0 Å². The number of phenolic OH excluding ortho intramolecular Hbond substituents is 2. The second-order valence-electron chi connectivity index (χ2n) is 6.26. The number of hydrogen-bond donors (Lipinski definition) is 2. The van der Waals surface area contributed by atoms with Crippen LogP contribution in [0.25, 0.3) is 5.57 Å². The topological polar surface area (TPSA) is 74.6 Å². The number of fused-ring (bicyclic) bond motifs is 1. The van der Waals surface area contributed by atoms with E-state index in [9.17, 15) is 19.8 Å². The van der Waals surface area contributed by atoms with Crippen molar-refractivity contribution in [2.24, 2.45) is 0 Å². The summed E-state index contributed by atoms with van der Waals surface area (Å²) in [5.74, 6) is -1.53. The quantitative estimate of drug-likeness (QED) is 0.631. The average molecular weight is 336 g/mol. The molecule has 4 heteroatoms. The van der Waals surface area contributed by atoms with Gasteiger partial charge in [0.05, 0.1) is 11.1 Å². The summed E-state index contributed by atoms with van der Waals surface area (Å²) in [6.45, 7) is 2.16. The van der Waals surface area contributed by atoms with E-state index < -0.39 is 11.6 Å². The molecule has 0 aliphatic heterocycles. The summed E-state index contributed by atoms with van der Waals surface area (Å²) in [5.41, 5.74) is 1.79. The lowest BCUT2D eigenvalue weighted by Gasteiger charge is -2.17. The zero-order chi connectivity index (χ0) is 18.0. The molecule has 25 heavy (non-hydrogen) atoms. The Morgan fingerprint density at radius 1 is 0.840 bits per heavy atom. The molecule has 0 saturated heterocycles. The zero-order valence-electron chi connectivity index (χ0n) is 14.1. The minimum absolute atomic E-state index is 0.130. The first-order valence-corrected chi connectivity index (χ1v) is 8.48. The molecule has 2 N–H and O–H groups in total. The Kier molecular flexibility index (Phi) is 4.70. The van der Waals surface area contributed by atoms with Crippen molar-refractivity contribution < 1.29 is 19.8 Å². The predicted molar refractivity (Wildman–Crippen MR) is 96.1 cm³/mol. The van der Waals surface area contributed by atoms with Crippen LogP contribution in [0.15, 0.2) is 42.5 Å². The molecule has 0 spiro atoms. The van der Waals surface area contributed by atoms with E-state index in [1.165, 1.54) is 30.2 Å². The van der Waals surface area contributed by atoms with Crippen molar-refractivity contribution in [1.29, 1.82) is 0 Å². The molecule has 0 radical (unpaired) electrons. The monoisotopic (exact) mass is 336 g/mol. The van der Waals surface area contributed by atoms with Crippen LogP contribution in [-0.2, 0) is 6.42 Å². The molecule has 128 valence electrons. The number of Topliss-reactive ketones (excluding diaryl/α,β-unsaturated/α-hetero) is 1. The van der Waals surface area contributed by atoms with Gasteiger partial charge in [-0.25, -0.2) is 0 Å². The largest absolute Gasteiger partial charge is 0.507 e. The molecular weight excluding hydrogens is 316 g/mol. The lowest BCUT2D eigenvalue weighted by Crippen LogP contribution is -2.16. The molecule has 2 aromatic carbocycles. The van der Waals surface area contributed by atoms with E-state index in [1.807, 2.05) is 24.3 Å². The maximum Gasteiger partial charge on any atom is 0.198 e. The van der Waals surface area contributed by atoms with Crippen molar-refractivity contribution in [1.82, 2.24) is 0 Å². The van der Waals surface area contributed by atoms with Crippen molar-refractivity contribution in [3.63, 3.8) is 0 Å². The molecule has 0 bridgehead atoms. The van der Waals surface area contributed by atoms with Gasteiger partial charge in [0.25, 0.3) is 0 Å². The molecule has 0 amide bonds. The van der Waals surface area contributed by atoms with Crippen LogP contribution in [0.2, 0.25) is 0 Å². The predicted octanol–water partition coefficient (Wildman–Crippen LogP) is 4.29. The molecule has 0 fully saturated rings. The second-order valence-corrected chi connectivity index (χ2v) is 6.26. The van der Waals surface area contributed by atoms with Gasteiger partial charge in [0.1, 0.15) is 11.5 Å².